The number of hydrogen-bond donors (Lipinski definition) is 1. The first-order valence-corrected chi connectivity index (χ1v) is 10.3. The summed E-state index contributed by atoms with van der Waals surface area (Å²) in [6, 6.07) is 13.7. The molecule has 156 valence electrons. The molecule has 1 heterocycles. The van der Waals surface area contributed by atoms with Gasteiger partial charge in [-0.25, -0.2) is 0 Å². The van der Waals surface area contributed by atoms with Crippen LogP contribution in [0.3, 0.4) is 0 Å². The molecular formula is C22H27NO5S. The van der Waals surface area contributed by atoms with Crippen molar-refractivity contribution in [1.29, 1.82) is 0 Å². The Kier molecular flexibility index (Phi) is 7.28. The second kappa shape index (κ2) is 9.89. The van der Waals surface area contributed by atoms with Crippen molar-refractivity contribution < 1.29 is 23.7 Å². The van der Waals surface area contributed by atoms with Crippen molar-refractivity contribution >= 4 is 17.7 Å². The minimum atomic E-state index is -0.206. The molecule has 0 aromatic heterocycles. The molecule has 0 atom stereocenters. The van der Waals surface area contributed by atoms with Gasteiger partial charge in [0.2, 0.25) is 5.75 Å². The number of hydrogen-bond acceptors (Lipinski definition) is 6. The van der Waals surface area contributed by atoms with Gasteiger partial charge in [0.15, 0.2) is 11.5 Å². The molecule has 0 spiro atoms. The Bertz CT molecular complexity index is 821. The first kappa shape index (κ1) is 21.3. The highest BCUT2D eigenvalue weighted by molar-refractivity contribution is 8.00. The molecule has 1 N–H and O–H groups in total. The van der Waals surface area contributed by atoms with Gasteiger partial charge < -0.3 is 24.3 Å². The molecule has 0 unspecified atom stereocenters. The predicted octanol–water partition coefficient (Wildman–Crippen LogP) is 3.78. The summed E-state index contributed by atoms with van der Waals surface area (Å²) >= 11 is 1.80. The first-order valence-electron chi connectivity index (χ1n) is 9.51. The second-order valence-corrected chi connectivity index (χ2v) is 8.32. The largest absolute Gasteiger partial charge is 0.493 e. The number of ether oxygens (including phenoxy) is 4. The number of carbonyl (C=O) groups excluding carboxylic acids is 1. The SMILES string of the molecule is COc1ccc(C(=O)NCC2(Sc3ccccc3)CCOCC2)c(OC)c1OC. The topological polar surface area (TPSA) is 66.0 Å². The number of methoxy groups -OCH3 is 3. The molecule has 0 bridgehead atoms. The van der Waals surface area contributed by atoms with Crippen LogP contribution in [0.15, 0.2) is 47.4 Å². The van der Waals surface area contributed by atoms with Crippen molar-refractivity contribution in [3.63, 3.8) is 0 Å². The number of rotatable bonds is 8. The Morgan fingerprint density at radius 1 is 1.00 bits per heavy atom. The summed E-state index contributed by atoms with van der Waals surface area (Å²) in [5.41, 5.74) is 0.414. The van der Waals surface area contributed by atoms with Crippen molar-refractivity contribution in [3.8, 4) is 17.2 Å². The van der Waals surface area contributed by atoms with E-state index in [1.807, 2.05) is 18.2 Å². The standard InChI is InChI=1S/C22H27NO5S/c1-25-18-10-9-17(19(26-2)20(18)27-3)21(24)23-15-22(11-13-28-14-12-22)29-16-7-5-4-6-8-16/h4-10H,11-15H2,1-3H3,(H,23,24). The van der Waals surface area contributed by atoms with E-state index in [1.54, 1.807) is 31.0 Å². The highest BCUT2D eigenvalue weighted by atomic mass is 32.2. The van der Waals surface area contributed by atoms with E-state index < -0.39 is 0 Å². The smallest absolute Gasteiger partial charge is 0.255 e. The van der Waals surface area contributed by atoms with Crippen LogP contribution in [0.1, 0.15) is 23.2 Å². The zero-order valence-corrected chi connectivity index (χ0v) is 17.8. The third-order valence-electron chi connectivity index (χ3n) is 5.00. The van der Waals surface area contributed by atoms with Gasteiger partial charge >= 0.3 is 0 Å². The van der Waals surface area contributed by atoms with E-state index in [0.717, 1.165) is 12.8 Å². The molecule has 3 rings (SSSR count). The van der Waals surface area contributed by atoms with E-state index in [9.17, 15) is 4.79 Å². The second-order valence-electron chi connectivity index (χ2n) is 6.78. The maximum atomic E-state index is 13.0. The molecular weight excluding hydrogens is 390 g/mol. The maximum Gasteiger partial charge on any atom is 0.255 e. The van der Waals surface area contributed by atoms with Crippen LogP contribution in [0.5, 0.6) is 17.2 Å². The lowest BCUT2D eigenvalue weighted by molar-refractivity contribution is 0.0740. The van der Waals surface area contributed by atoms with Crippen molar-refractivity contribution in [2.45, 2.75) is 22.5 Å². The van der Waals surface area contributed by atoms with Crippen molar-refractivity contribution in [1.82, 2.24) is 5.32 Å². The van der Waals surface area contributed by atoms with E-state index in [4.69, 9.17) is 18.9 Å². The molecule has 2 aromatic rings. The van der Waals surface area contributed by atoms with Gasteiger partial charge in [0.25, 0.3) is 5.91 Å². The molecule has 0 saturated carbocycles. The summed E-state index contributed by atoms with van der Waals surface area (Å²) in [6.45, 7) is 1.91. The van der Waals surface area contributed by atoms with Crippen LogP contribution < -0.4 is 19.5 Å². The molecule has 1 aliphatic rings. The molecule has 29 heavy (non-hydrogen) atoms. The highest BCUT2D eigenvalue weighted by Crippen LogP contribution is 2.41. The molecule has 0 radical (unpaired) electrons. The molecule has 1 amide bonds. The van der Waals surface area contributed by atoms with Gasteiger partial charge in [0.1, 0.15) is 0 Å². The average Bonchev–Trinajstić information content (AvgIpc) is 2.77. The van der Waals surface area contributed by atoms with Crippen molar-refractivity contribution in [3.05, 3.63) is 48.0 Å². The van der Waals surface area contributed by atoms with Gasteiger partial charge in [-0.2, -0.15) is 0 Å². The summed E-state index contributed by atoms with van der Waals surface area (Å²) in [7, 11) is 4.58. The summed E-state index contributed by atoms with van der Waals surface area (Å²) in [5, 5.41) is 3.10. The first-order chi connectivity index (χ1) is 14.1. The van der Waals surface area contributed by atoms with E-state index in [0.29, 0.717) is 42.6 Å². The Morgan fingerprint density at radius 2 is 1.69 bits per heavy atom. The Balaban J connectivity index is 1.78. The van der Waals surface area contributed by atoms with Crippen LogP contribution in [-0.4, -0.2) is 51.7 Å². The van der Waals surface area contributed by atoms with Crippen molar-refractivity contribution in [2.75, 3.05) is 41.1 Å². The Morgan fingerprint density at radius 3 is 2.31 bits per heavy atom. The van der Waals surface area contributed by atoms with Gasteiger partial charge in [-0.05, 0) is 37.1 Å². The fraction of sp³-hybridized carbons (Fsp3) is 0.409. The lowest BCUT2D eigenvalue weighted by Gasteiger charge is -2.36. The minimum absolute atomic E-state index is 0.112. The number of nitrogens with one attached hydrogen (secondary N) is 1. The summed E-state index contributed by atoms with van der Waals surface area (Å²) in [6.07, 6.45) is 1.74. The fourth-order valence-electron chi connectivity index (χ4n) is 3.41. The number of thioether (sulfide) groups is 1. The number of benzene rings is 2. The van der Waals surface area contributed by atoms with Crippen LogP contribution in [0.2, 0.25) is 0 Å². The van der Waals surface area contributed by atoms with Crippen LogP contribution in [0, 0.1) is 0 Å². The third kappa shape index (κ3) is 4.97. The quantitative estimate of drug-likeness (QED) is 0.705. The molecule has 2 aromatic carbocycles. The predicted molar refractivity (Wildman–Crippen MR) is 114 cm³/mol. The van der Waals surface area contributed by atoms with Gasteiger partial charge in [-0.15, -0.1) is 11.8 Å². The maximum absolute atomic E-state index is 13.0. The monoisotopic (exact) mass is 417 g/mol. The lowest BCUT2D eigenvalue weighted by Crippen LogP contribution is -2.44. The lowest BCUT2D eigenvalue weighted by atomic mass is 9.98. The molecule has 7 heteroatoms. The number of carbonyl (C=O) groups is 1. The summed E-state index contributed by atoms with van der Waals surface area (Å²) in [5.74, 6) is 1.08. The molecule has 1 aliphatic heterocycles. The zero-order chi connectivity index (χ0) is 20.7. The van der Waals surface area contributed by atoms with Crippen LogP contribution >= 0.6 is 11.8 Å². The molecule has 0 aliphatic carbocycles. The summed E-state index contributed by atoms with van der Waals surface area (Å²) in [4.78, 5) is 14.2. The highest BCUT2D eigenvalue weighted by Gasteiger charge is 2.34. The number of amides is 1. The van der Waals surface area contributed by atoms with Gasteiger partial charge in [-0.1, -0.05) is 18.2 Å². The van der Waals surface area contributed by atoms with Crippen LogP contribution in [0.4, 0.5) is 0 Å². The molecule has 1 saturated heterocycles. The average molecular weight is 418 g/mol. The van der Waals surface area contributed by atoms with Gasteiger partial charge in [-0.3, -0.25) is 4.79 Å². The van der Waals surface area contributed by atoms with Gasteiger partial charge in [0, 0.05) is 29.4 Å². The van der Waals surface area contributed by atoms with E-state index >= 15 is 0 Å². The van der Waals surface area contributed by atoms with Crippen molar-refractivity contribution in [2.24, 2.45) is 0 Å². The Hall–Kier alpha value is -2.38. The third-order valence-corrected chi connectivity index (χ3v) is 6.49. The van der Waals surface area contributed by atoms with Crippen LogP contribution in [-0.2, 0) is 4.74 Å². The van der Waals surface area contributed by atoms with E-state index in [1.165, 1.54) is 19.1 Å². The van der Waals surface area contributed by atoms with E-state index in [-0.39, 0.29) is 10.7 Å². The minimum Gasteiger partial charge on any atom is -0.493 e. The molecule has 1 fully saturated rings. The fourth-order valence-corrected chi connectivity index (χ4v) is 4.72. The van der Waals surface area contributed by atoms with E-state index in [2.05, 4.69) is 17.4 Å². The Labute approximate surface area is 175 Å². The molecule has 6 nitrogen and oxygen atoms in total. The summed E-state index contributed by atoms with van der Waals surface area (Å²) < 4.78 is 21.6. The zero-order valence-electron chi connectivity index (χ0n) is 17.0. The normalized spacial score (nSPS) is 15.4. The van der Waals surface area contributed by atoms with Crippen LogP contribution in [0.25, 0.3) is 0 Å². The van der Waals surface area contributed by atoms with Gasteiger partial charge in [0.05, 0.1) is 26.9 Å².